The van der Waals surface area contributed by atoms with Crippen molar-refractivity contribution in [1.82, 2.24) is 25.2 Å². The zero-order valence-corrected chi connectivity index (χ0v) is 11.1. The highest BCUT2D eigenvalue weighted by Crippen LogP contribution is 2.16. The van der Waals surface area contributed by atoms with Crippen molar-refractivity contribution in [2.24, 2.45) is 0 Å². The Kier molecular flexibility index (Phi) is 3.57. The lowest BCUT2D eigenvalue weighted by molar-refractivity contribution is 0.197. The van der Waals surface area contributed by atoms with Gasteiger partial charge in [-0.05, 0) is 19.2 Å². The molecule has 100 valence electrons. The number of nitrogens with zero attached hydrogens (tertiary/aromatic N) is 3. The first-order chi connectivity index (χ1) is 9.33. The Morgan fingerprint density at radius 1 is 1.42 bits per heavy atom. The van der Waals surface area contributed by atoms with Crippen LogP contribution in [0.15, 0.2) is 30.7 Å². The second kappa shape index (κ2) is 5.50. The maximum atomic E-state index is 4.66. The molecule has 5 heteroatoms. The number of nitrogens with one attached hydrogen (secondary N) is 2. The second-order valence-corrected chi connectivity index (χ2v) is 5.00. The lowest BCUT2D eigenvalue weighted by Gasteiger charge is -2.32. The molecule has 2 aromatic rings. The number of hydrogen-bond acceptors (Lipinski definition) is 4. The number of piperazine rings is 1. The molecular formula is C14H19N5. The van der Waals surface area contributed by atoms with Gasteiger partial charge in [0, 0.05) is 56.3 Å². The van der Waals surface area contributed by atoms with E-state index in [1.807, 2.05) is 30.7 Å². The first kappa shape index (κ1) is 12.3. The fraction of sp³-hybridized carbons (Fsp3) is 0.429. The van der Waals surface area contributed by atoms with Crippen LogP contribution in [0.3, 0.4) is 0 Å². The summed E-state index contributed by atoms with van der Waals surface area (Å²) < 4.78 is 0. The molecule has 3 heterocycles. The van der Waals surface area contributed by atoms with E-state index in [1.165, 1.54) is 0 Å². The van der Waals surface area contributed by atoms with E-state index in [0.29, 0.717) is 6.04 Å². The largest absolute Gasteiger partial charge is 0.367 e. The molecule has 1 aliphatic heterocycles. The minimum absolute atomic E-state index is 0.482. The summed E-state index contributed by atoms with van der Waals surface area (Å²) in [5.41, 5.74) is 2.09. The van der Waals surface area contributed by atoms with Crippen molar-refractivity contribution in [2.75, 3.05) is 26.7 Å². The van der Waals surface area contributed by atoms with Crippen LogP contribution in [0.2, 0.25) is 0 Å². The van der Waals surface area contributed by atoms with Gasteiger partial charge in [0.2, 0.25) is 0 Å². The molecule has 1 saturated heterocycles. The number of aromatic amines is 1. The highest BCUT2D eigenvalue weighted by Gasteiger charge is 2.20. The van der Waals surface area contributed by atoms with Crippen molar-refractivity contribution in [2.45, 2.75) is 12.5 Å². The van der Waals surface area contributed by atoms with Gasteiger partial charge in [0.25, 0.3) is 0 Å². The third kappa shape index (κ3) is 2.83. The lowest BCUT2D eigenvalue weighted by Crippen LogP contribution is -2.50. The summed E-state index contributed by atoms with van der Waals surface area (Å²) in [6, 6.07) is 4.46. The van der Waals surface area contributed by atoms with Gasteiger partial charge in [-0.25, -0.2) is 9.97 Å². The zero-order valence-electron chi connectivity index (χ0n) is 11.1. The van der Waals surface area contributed by atoms with Crippen LogP contribution < -0.4 is 5.32 Å². The molecule has 0 spiro atoms. The van der Waals surface area contributed by atoms with Gasteiger partial charge < -0.3 is 15.2 Å². The maximum Gasteiger partial charge on any atom is 0.130 e. The van der Waals surface area contributed by atoms with E-state index in [1.54, 1.807) is 0 Å². The van der Waals surface area contributed by atoms with Crippen molar-refractivity contribution in [3.8, 4) is 11.3 Å². The SMILES string of the molecule is CN1CCNCC1Cc1nccc(-c2cc[nH]c2)n1. The molecule has 0 amide bonds. The van der Waals surface area contributed by atoms with Crippen LogP contribution >= 0.6 is 0 Å². The molecule has 19 heavy (non-hydrogen) atoms. The third-order valence-electron chi connectivity index (χ3n) is 3.66. The van der Waals surface area contributed by atoms with Gasteiger partial charge in [0.05, 0.1) is 5.69 Å². The van der Waals surface area contributed by atoms with Crippen LogP contribution in [-0.4, -0.2) is 52.6 Å². The molecule has 2 aromatic heterocycles. The second-order valence-electron chi connectivity index (χ2n) is 5.00. The lowest BCUT2D eigenvalue weighted by atomic mass is 10.1. The number of rotatable bonds is 3. The number of likely N-dealkylation sites (N-methyl/N-ethyl adjacent to an activating group) is 1. The van der Waals surface area contributed by atoms with Crippen LogP contribution in [0, 0.1) is 0 Å². The van der Waals surface area contributed by atoms with E-state index in [9.17, 15) is 0 Å². The molecule has 1 unspecified atom stereocenters. The summed E-state index contributed by atoms with van der Waals surface area (Å²) in [4.78, 5) is 14.5. The van der Waals surface area contributed by atoms with Crippen molar-refractivity contribution in [3.05, 3.63) is 36.5 Å². The zero-order chi connectivity index (χ0) is 13.1. The molecule has 2 N–H and O–H groups in total. The smallest absolute Gasteiger partial charge is 0.130 e. The summed E-state index contributed by atoms with van der Waals surface area (Å²) in [6.07, 6.45) is 6.61. The van der Waals surface area contributed by atoms with Crippen LogP contribution in [0.5, 0.6) is 0 Å². The minimum atomic E-state index is 0.482. The van der Waals surface area contributed by atoms with Gasteiger partial charge in [-0.2, -0.15) is 0 Å². The van der Waals surface area contributed by atoms with E-state index in [4.69, 9.17) is 0 Å². The van der Waals surface area contributed by atoms with Gasteiger partial charge in [-0.3, -0.25) is 0 Å². The summed E-state index contributed by atoms with van der Waals surface area (Å²) in [5.74, 6) is 0.916. The number of hydrogen-bond donors (Lipinski definition) is 2. The van der Waals surface area contributed by atoms with Gasteiger partial charge in [-0.1, -0.05) is 0 Å². The predicted molar refractivity (Wildman–Crippen MR) is 74.8 cm³/mol. The minimum Gasteiger partial charge on any atom is -0.367 e. The Morgan fingerprint density at radius 3 is 3.16 bits per heavy atom. The molecule has 0 radical (unpaired) electrons. The summed E-state index contributed by atoms with van der Waals surface area (Å²) >= 11 is 0. The van der Waals surface area contributed by atoms with Crippen molar-refractivity contribution in [1.29, 1.82) is 0 Å². The molecule has 3 rings (SSSR count). The van der Waals surface area contributed by atoms with E-state index >= 15 is 0 Å². The van der Waals surface area contributed by atoms with E-state index in [-0.39, 0.29) is 0 Å². The average Bonchev–Trinajstić information content (AvgIpc) is 2.96. The molecule has 0 aromatic carbocycles. The first-order valence-electron chi connectivity index (χ1n) is 6.69. The predicted octanol–water partition coefficient (Wildman–Crippen LogP) is 0.918. The van der Waals surface area contributed by atoms with Gasteiger partial charge in [0.1, 0.15) is 5.82 Å². The molecule has 5 nitrogen and oxygen atoms in total. The normalized spacial score (nSPS) is 20.6. The quantitative estimate of drug-likeness (QED) is 0.858. The Hall–Kier alpha value is -1.72. The fourth-order valence-corrected chi connectivity index (χ4v) is 2.44. The van der Waals surface area contributed by atoms with Crippen LogP contribution in [-0.2, 0) is 6.42 Å². The molecular weight excluding hydrogens is 238 g/mol. The third-order valence-corrected chi connectivity index (χ3v) is 3.66. The summed E-state index contributed by atoms with van der Waals surface area (Å²) in [6.45, 7) is 3.16. The molecule has 1 aliphatic rings. The summed E-state index contributed by atoms with van der Waals surface area (Å²) in [7, 11) is 2.17. The van der Waals surface area contributed by atoms with Gasteiger partial charge >= 0.3 is 0 Å². The highest BCUT2D eigenvalue weighted by molar-refractivity contribution is 5.57. The van der Waals surface area contributed by atoms with Crippen LogP contribution in [0.1, 0.15) is 5.82 Å². The standard InChI is InChI=1S/C14H19N5/c1-19-7-6-16-10-12(19)8-14-17-5-3-13(18-14)11-2-4-15-9-11/h2-5,9,12,15-16H,6-8,10H2,1H3. The van der Waals surface area contributed by atoms with Crippen molar-refractivity contribution >= 4 is 0 Å². The average molecular weight is 257 g/mol. The molecule has 0 saturated carbocycles. The van der Waals surface area contributed by atoms with Gasteiger partial charge in [0.15, 0.2) is 0 Å². The monoisotopic (exact) mass is 257 g/mol. The number of H-pyrrole nitrogens is 1. The van der Waals surface area contributed by atoms with Crippen LogP contribution in [0.25, 0.3) is 11.3 Å². The fourth-order valence-electron chi connectivity index (χ4n) is 2.44. The maximum absolute atomic E-state index is 4.66. The van der Waals surface area contributed by atoms with E-state index in [2.05, 4.69) is 32.2 Å². The Labute approximate surface area is 113 Å². The van der Waals surface area contributed by atoms with Crippen molar-refractivity contribution < 1.29 is 0 Å². The highest BCUT2D eigenvalue weighted by atomic mass is 15.2. The topological polar surface area (TPSA) is 56.8 Å². The van der Waals surface area contributed by atoms with Gasteiger partial charge in [-0.15, -0.1) is 0 Å². The molecule has 0 bridgehead atoms. The van der Waals surface area contributed by atoms with E-state index in [0.717, 1.165) is 43.1 Å². The van der Waals surface area contributed by atoms with Crippen LogP contribution in [0.4, 0.5) is 0 Å². The first-order valence-corrected chi connectivity index (χ1v) is 6.69. The summed E-state index contributed by atoms with van der Waals surface area (Å²) in [5, 5.41) is 3.43. The van der Waals surface area contributed by atoms with Crippen molar-refractivity contribution in [3.63, 3.8) is 0 Å². The Bertz CT molecular complexity index is 522. The molecule has 1 fully saturated rings. The number of aromatic nitrogens is 3. The molecule has 1 atom stereocenters. The van der Waals surface area contributed by atoms with E-state index < -0.39 is 0 Å². The molecule has 0 aliphatic carbocycles. The Balaban J connectivity index is 1.76. The Morgan fingerprint density at radius 2 is 2.37 bits per heavy atom.